The van der Waals surface area contributed by atoms with E-state index in [1.54, 1.807) is 23.5 Å². The summed E-state index contributed by atoms with van der Waals surface area (Å²) in [6.07, 6.45) is 14.1. The maximum atomic E-state index is 11.6. The summed E-state index contributed by atoms with van der Waals surface area (Å²) < 4.78 is 89.0. The molecule has 0 spiro atoms. The highest BCUT2D eigenvalue weighted by Gasteiger charge is 2.28. The van der Waals surface area contributed by atoms with Gasteiger partial charge >= 0.3 is 5.97 Å². The molecule has 0 amide bonds. The molecule has 0 bridgehead atoms. The molecule has 7 rings (SSSR count). The SMILES string of the molecule is CS(=O)(=O)c1nc2c(c(=O)[nH]1)CCCO2.CS(=O)(=O)c1nc2c(c(S(C)(=O)=O)n1)CCCO2.CSc1nc2c(c(SC)n1)CCCO2.O=C1CCCCO1. The van der Waals surface area contributed by atoms with Crippen molar-refractivity contribution in [3.05, 3.63) is 27.0 Å². The number of esters is 1. The third-order valence-electron chi connectivity index (χ3n) is 7.66. The van der Waals surface area contributed by atoms with Gasteiger partial charge in [-0.1, -0.05) is 11.8 Å². The normalized spacial score (nSPS) is 16.2. The lowest BCUT2D eigenvalue weighted by Gasteiger charge is -2.18. The Hall–Kier alpha value is -3.54. The van der Waals surface area contributed by atoms with Gasteiger partial charge in [-0.05, 0) is 63.9 Å². The fourth-order valence-electron chi connectivity index (χ4n) is 5.11. The number of hydrogen-bond donors (Lipinski definition) is 1. The molecule has 1 fully saturated rings. The van der Waals surface area contributed by atoms with E-state index in [1.807, 2.05) is 12.5 Å². The van der Waals surface area contributed by atoms with Crippen LogP contribution in [0.15, 0.2) is 30.3 Å². The summed E-state index contributed by atoms with van der Waals surface area (Å²) in [7, 11) is -10.8. The number of ether oxygens (including phenoxy) is 4. The maximum absolute atomic E-state index is 11.6. The molecule has 23 heteroatoms. The van der Waals surface area contributed by atoms with E-state index in [9.17, 15) is 34.8 Å². The molecule has 3 aromatic rings. The monoisotopic (exact) mass is 850 g/mol. The summed E-state index contributed by atoms with van der Waals surface area (Å²) in [5, 5.41) is 0.749. The minimum atomic E-state index is -3.69. The van der Waals surface area contributed by atoms with Crippen LogP contribution < -0.4 is 19.8 Å². The topological polar surface area (TPSA) is 254 Å². The first-order valence-electron chi connectivity index (χ1n) is 16.6. The van der Waals surface area contributed by atoms with Gasteiger partial charge in [0.25, 0.3) is 10.7 Å². The van der Waals surface area contributed by atoms with Crippen LogP contribution in [0.3, 0.4) is 0 Å². The Bertz CT molecular complexity index is 2210. The summed E-state index contributed by atoms with van der Waals surface area (Å²) >= 11 is 3.22. The van der Waals surface area contributed by atoms with Crippen LogP contribution in [0, 0.1) is 0 Å². The van der Waals surface area contributed by atoms with Gasteiger partial charge in [-0.3, -0.25) is 14.6 Å². The van der Waals surface area contributed by atoms with Crippen molar-refractivity contribution in [2.45, 2.75) is 83.3 Å². The molecule has 0 aromatic carbocycles. The lowest BCUT2D eigenvalue weighted by atomic mass is 10.1. The number of sulfone groups is 3. The average Bonchev–Trinajstić information content (AvgIpc) is 3.14. The molecule has 1 saturated heterocycles. The highest BCUT2D eigenvalue weighted by Crippen LogP contribution is 2.32. The molecule has 3 aromatic heterocycles. The molecule has 4 aliphatic heterocycles. The number of thioether (sulfide) groups is 2. The van der Waals surface area contributed by atoms with Crippen LogP contribution in [0.5, 0.6) is 17.6 Å². The zero-order chi connectivity index (χ0) is 39.7. The number of carbonyl (C=O) groups is 1. The first-order chi connectivity index (χ1) is 25.4. The second kappa shape index (κ2) is 18.9. The predicted octanol–water partition coefficient (Wildman–Crippen LogP) is 2.07. The smallest absolute Gasteiger partial charge is 0.305 e. The summed E-state index contributed by atoms with van der Waals surface area (Å²) in [6, 6.07) is 0. The molecule has 7 heterocycles. The molecular weight excluding hydrogens is 809 g/mol. The third kappa shape index (κ3) is 12.0. The number of carbonyl (C=O) groups excluding carboxylic acids is 1. The van der Waals surface area contributed by atoms with Crippen LogP contribution in [0.4, 0.5) is 0 Å². The second-order valence-electron chi connectivity index (χ2n) is 12.1. The minimum absolute atomic E-state index is 0.0359. The Morgan fingerprint density at radius 1 is 0.556 bits per heavy atom. The van der Waals surface area contributed by atoms with E-state index in [-0.39, 0.29) is 27.9 Å². The van der Waals surface area contributed by atoms with Crippen LogP contribution in [-0.2, 0) is 58.3 Å². The van der Waals surface area contributed by atoms with Gasteiger partial charge in [-0.2, -0.15) is 15.0 Å². The number of fused-ring (bicyclic) bond motifs is 3. The quantitative estimate of drug-likeness (QED) is 0.167. The number of aromatic amines is 1. The molecule has 298 valence electrons. The molecule has 0 aliphatic carbocycles. The van der Waals surface area contributed by atoms with Gasteiger partial charge in [0, 0.05) is 30.8 Å². The minimum Gasteiger partial charge on any atom is -0.477 e. The fraction of sp³-hybridized carbons (Fsp3) is 0.581. The zero-order valence-corrected chi connectivity index (χ0v) is 34.5. The number of nitrogens with one attached hydrogen (secondary N) is 1. The Morgan fingerprint density at radius 3 is 1.59 bits per heavy atom. The lowest BCUT2D eigenvalue weighted by molar-refractivity contribution is -0.146. The molecule has 54 heavy (non-hydrogen) atoms. The number of nitrogens with zero attached hydrogens (tertiary/aromatic N) is 5. The van der Waals surface area contributed by atoms with Gasteiger partial charge < -0.3 is 18.9 Å². The molecule has 0 saturated carbocycles. The first kappa shape index (κ1) is 43.2. The first-order valence-corrected chi connectivity index (χ1v) is 24.7. The fourth-order valence-corrected chi connectivity index (χ4v) is 8.11. The van der Waals surface area contributed by atoms with Gasteiger partial charge in [0.2, 0.25) is 42.5 Å². The van der Waals surface area contributed by atoms with Crippen LogP contribution >= 0.6 is 23.5 Å². The van der Waals surface area contributed by atoms with Crippen molar-refractivity contribution in [3.8, 4) is 17.6 Å². The van der Waals surface area contributed by atoms with Crippen molar-refractivity contribution in [1.82, 2.24) is 29.9 Å². The molecule has 0 unspecified atom stereocenters. The Kier molecular flexibility index (Phi) is 15.1. The summed E-state index contributed by atoms with van der Waals surface area (Å²) in [6.45, 7) is 2.27. The van der Waals surface area contributed by atoms with Crippen molar-refractivity contribution in [2.24, 2.45) is 0 Å². The van der Waals surface area contributed by atoms with Gasteiger partial charge in [-0.25, -0.2) is 35.2 Å². The standard InChI is InChI=1S/C9H12N2O5S2.C9H12N2OS2.C8H10N2O4S.C5H8O2/c1-17(12,13)8-6-4-3-5-16-7(6)10-9(11-8)18(2,14)15;1-13-8-6-4-3-5-12-7(6)10-9(11-8)14-2;1-15(12,13)8-9-6(11)5-3-2-4-14-7(5)10-8;6-5-3-1-2-4-7-5/h3-5H2,1-2H3;3-5H2,1-2H3;2-4H2,1H3,(H,9,10,11);1-4H2. The second-order valence-corrected chi connectivity index (χ2v) is 19.4. The average molecular weight is 851 g/mol. The maximum Gasteiger partial charge on any atom is 0.305 e. The van der Waals surface area contributed by atoms with Crippen molar-refractivity contribution in [2.75, 3.05) is 57.7 Å². The van der Waals surface area contributed by atoms with E-state index in [0.717, 1.165) is 73.5 Å². The van der Waals surface area contributed by atoms with E-state index in [2.05, 4.69) is 34.6 Å². The van der Waals surface area contributed by atoms with E-state index in [4.69, 9.17) is 14.2 Å². The van der Waals surface area contributed by atoms with Crippen molar-refractivity contribution in [3.63, 3.8) is 0 Å². The summed E-state index contributed by atoms with van der Waals surface area (Å²) in [5.74, 6) is 0.953. The Morgan fingerprint density at radius 2 is 1.11 bits per heavy atom. The summed E-state index contributed by atoms with van der Waals surface area (Å²) in [4.78, 5) is 44.0. The van der Waals surface area contributed by atoms with Gasteiger partial charge in [-0.15, -0.1) is 11.8 Å². The van der Waals surface area contributed by atoms with Crippen LogP contribution in [0.2, 0.25) is 0 Å². The molecule has 0 atom stereocenters. The van der Waals surface area contributed by atoms with Crippen LogP contribution in [0.25, 0.3) is 0 Å². The highest BCUT2D eigenvalue weighted by molar-refractivity contribution is 7.99. The van der Waals surface area contributed by atoms with Gasteiger partial charge in [0.1, 0.15) is 5.03 Å². The Labute approximate surface area is 322 Å². The summed E-state index contributed by atoms with van der Waals surface area (Å²) in [5.41, 5.74) is 1.53. The number of aromatic nitrogens is 6. The van der Waals surface area contributed by atoms with Crippen LogP contribution in [0.1, 0.15) is 55.2 Å². The van der Waals surface area contributed by atoms with E-state index in [1.165, 1.54) is 5.56 Å². The molecule has 18 nitrogen and oxygen atoms in total. The largest absolute Gasteiger partial charge is 0.477 e. The number of rotatable bonds is 5. The number of hydrogen-bond acceptors (Lipinski definition) is 19. The molecule has 0 radical (unpaired) electrons. The van der Waals surface area contributed by atoms with Gasteiger partial charge in [0.05, 0.1) is 37.6 Å². The lowest BCUT2D eigenvalue weighted by Crippen LogP contribution is -2.24. The third-order valence-corrected chi connectivity index (χ3v) is 11.7. The number of H-pyrrole nitrogens is 1. The highest BCUT2D eigenvalue weighted by atomic mass is 32.2. The Balaban J connectivity index is 0.000000167. The van der Waals surface area contributed by atoms with Crippen molar-refractivity contribution < 1.29 is 49.0 Å². The van der Waals surface area contributed by atoms with Crippen molar-refractivity contribution >= 4 is 59.0 Å². The van der Waals surface area contributed by atoms with Crippen molar-refractivity contribution in [1.29, 1.82) is 0 Å². The van der Waals surface area contributed by atoms with Crippen LogP contribution in [-0.4, -0.2) is 119 Å². The number of cyclic esters (lactones) is 1. The molecule has 4 aliphatic rings. The molecular formula is C31H42N6O12S5. The van der Waals surface area contributed by atoms with Gasteiger partial charge in [0.15, 0.2) is 20.0 Å². The van der Waals surface area contributed by atoms with E-state index in [0.29, 0.717) is 56.6 Å². The van der Waals surface area contributed by atoms with E-state index >= 15 is 0 Å². The van der Waals surface area contributed by atoms with E-state index < -0.39 is 40.2 Å². The zero-order valence-electron chi connectivity index (χ0n) is 30.4. The molecule has 1 N–H and O–H groups in total. The predicted molar refractivity (Wildman–Crippen MR) is 198 cm³/mol.